The second-order valence-electron chi connectivity index (χ2n) is 1.86. The van der Waals surface area contributed by atoms with Crippen LogP contribution in [0.4, 0.5) is 5.00 Å². The average Bonchev–Trinajstić information content (AvgIpc) is 2.15. The van der Waals surface area contributed by atoms with Crippen LogP contribution in [0.5, 0.6) is 0 Å². The number of hydrogen-bond acceptors (Lipinski definition) is 3. The minimum absolute atomic E-state index is 1.10. The Bertz CT molecular complexity index is 176. The molecule has 0 amide bonds. The molecular formula is C5H6N2S. The van der Waals surface area contributed by atoms with E-state index in [4.69, 9.17) is 0 Å². The number of nitrogens with one attached hydrogen (secondary N) is 1. The monoisotopic (exact) mass is 126 g/mol. The third-order valence-corrected chi connectivity index (χ3v) is 2.12. The van der Waals surface area contributed by atoms with Gasteiger partial charge in [-0.25, -0.2) is 0 Å². The topological polar surface area (TPSA) is 24.9 Å². The summed E-state index contributed by atoms with van der Waals surface area (Å²) in [4.78, 5) is 0. The lowest BCUT2D eigenvalue weighted by atomic mass is 10.3. The van der Waals surface area contributed by atoms with E-state index in [0.29, 0.717) is 0 Å². The second kappa shape index (κ2) is 1.45. The normalized spacial score (nSPS) is 15.5. The maximum absolute atomic E-state index is 4.02. The summed E-state index contributed by atoms with van der Waals surface area (Å²) in [6.45, 7) is 1.10. The van der Waals surface area contributed by atoms with Crippen molar-refractivity contribution in [3.63, 3.8) is 0 Å². The van der Waals surface area contributed by atoms with E-state index in [9.17, 15) is 0 Å². The first-order chi connectivity index (χ1) is 3.97. The molecule has 0 aliphatic carbocycles. The molecule has 1 aromatic heterocycles. The molecule has 2 nitrogen and oxygen atoms in total. The largest absolute Gasteiger partial charge is 0.375 e. The summed E-state index contributed by atoms with van der Waals surface area (Å²) >= 11 is 1.55. The van der Waals surface area contributed by atoms with Gasteiger partial charge in [-0.2, -0.15) is 4.37 Å². The molecule has 42 valence electrons. The summed E-state index contributed by atoms with van der Waals surface area (Å²) in [6, 6.07) is 0. The van der Waals surface area contributed by atoms with Gasteiger partial charge >= 0.3 is 0 Å². The van der Waals surface area contributed by atoms with Gasteiger partial charge in [-0.15, -0.1) is 0 Å². The Hall–Kier alpha value is -0.570. The van der Waals surface area contributed by atoms with Crippen molar-refractivity contribution >= 4 is 16.5 Å². The number of fused-ring (bicyclic) bond motifs is 1. The van der Waals surface area contributed by atoms with E-state index in [1.807, 2.05) is 6.20 Å². The molecular weight excluding hydrogens is 120 g/mol. The highest BCUT2D eigenvalue weighted by molar-refractivity contribution is 7.10. The zero-order chi connectivity index (χ0) is 5.40. The van der Waals surface area contributed by atoms with Crippen LogP contribution in [0.3, 0.4) is 0 Å². The molecule has 1 aliphatic rings. The molecule has 0 spiro atoms. The van der Waals surface area contributed by atoms with E-state index in [0.717, 1.165) is 13.0 Å². The van der Waals surface area contributed by atoms with Gasteiger partial charge in [0.15, 0.2) is 0 Å². The Labute approximate surface area is 51.7 Å². The Kier molecular flexibility index (Phi) is 0.784. The van der Waals surface area contributed by atoms with Crippen molar-refractivity contribution in [2.45, 2.75) is 6.42 Å². The molecule has 1 aromatic rings. The molecule has 3 heteroatoms. The van der Waals surface area contributed by atoms with Gasteiger partial charge in [-0.1, -0.05) is 0 Å². The van der Waals surface area contributed by atoms with Gasteiger partial charge < -0.3 is 5.32 Å². The van der Waals surface area contributed by atoms with Crippen LogP contribution in [0.15, 0.2) is 6.20 Å². The van der Waals surface area contributed by atoms with Crippen LogP contribution in [-0.2, 0) is 6.42 Å². The van der Waals surface area contributed by atoms with Crippen LogP contribution in [0.25, 0.3) is 0 Å². The molecule has 1 aliphatic heterocycles. The quantitative estimate of drug-likeness (QED) is 0.563. The number of rotatable bonds is 0. The maximum atomic E-state index is 4.02. The van der Waals surface area contributed by atoms with Crippen molar-refractivity contribution in [3.8, 4) is 0 Å². The van der Waals surface area contributed by atoms with Crippen molar-refractivity contribution in [2.75, 3.05) is 11.9 Å². The van der Waals surface area contributed by atoms with E-state index < -0.39 is 0 Å². The highest BCUT2D eigenvalue weighted by Gasteiger charge is 2.10. The van der Waals surface area contributed by atoms with Gasteiger partial charge in [0.1, 0.15) is 5.00 Å². The van der Waals surface area contributed by atoms with Gasteiger partial charge in [0.25, 0.3) is 0 Å². The number of hydrogen-bond donors (Lipinski definition) is 1. The Balaban J connectivity index is 2.54. The van der Waals surface area contributed by atoms with Gasteiger partial charge in [0, 0.05) is 18.3 Å². The number of nitrogens with zero attached hydrogens (tertiary/aromatic N) is 1. The fourth-order valence-electron chi connectivity index (χ4n) is 0.895. The number of aromatic nitrogens is 1. The van der Waals surface area contributed by atoms with Crippen LogP contribution >= 0.6 is 11.5 Å². The van der Waals surface area contributed by atoms with Crippen LogP contribution < -0.4 is 5.32 Å². The Morgan fingerprint density at radius 3 is 3.62 bits per heavy atom. The molecule has 0 unspecified atom stereocenters. The van der Waals surface area contributed by atoms with E-state index >= 15 is 0 Å². The fraction of sp³-hybridized carbons (Fsp3) is 0.400. The summed E-state index contributed by atoms with van der Waals surface area (Å²) in [7, 11) is 0. The molecule has 0 aromatic carbocycles. The minimum atomic E-state index is 1.10. The molecule has 1 N–H and O–H groups in total. The summed E-state index contributed by atoms with van der Waals surface area (Å²) < 4.78 is 4.02. The third-order valence-electron chi connectivity index (χ3n) is 1.32. The van der Waals surface area contributed by atoms with Crippen LogP contribution in [0.1, 0.15) is 5.56 Å². The van der Waals surface area contributed by atoms with Crippen molar-refractivity contribution in [1.82, 2.24) is 4.37 Å². The fourth-order valence-corrected chi connectivity index (χ4v) is 1.62. The lowest BCUT2D eigenvalue weighted by molar-refractivity contribution is 1.10. The first-order valence-corrected chi connectivity index (χ1v) is 3.41. The predicted molar refractivity (Wildman–Crippen MR) is 34.3 cm³/mol. The first-order valence-electron chi connectivity index (χ1n) is 2.64. The minimum Gasteiger partial charge on any atom is -0.375 e. The third kappa shape index (κ3) is 0.448. The second-order valence-corrected chi connectivity index (χ2v) is 2.66. The van der Waals surface area contributed by atoms with Crippen LogP contribution in [0.2, 0.25) is 0 Å². The summed E-state index contributed by atoms with van der Waals surface area (Å²) in [5, 5.41) is 4.50. The molecule has 0 saturated heterocycles. The molecule has 0 atom stereocenters. The highest BCUT2D eigenvalue weighted by atomic mass is 32.1. The molecule has 0 saturated carbocycles. The molecule has 8 heavy (non-hydrogen) atoms. The van der Waals surface area contributed by atoms with Crippen molar-refractivity contribution in [1.29, 1.82) is 0 Å². The van der Waals surface area contributed by atoms with Crippen molar-refractivity contribution < 1.29 is 0 Å². The Morgan fingerprint density at radius 1 is 1.75 bits per heavy atom. The zero-order valence-electron chi connectivity index (χ0n) is 4.35. The molecule has 0 bridgehead atoms. The smallest absolute Gasteiger partial charge is 0.112 e. The van der Waals surface area contributed by atoms with Gasteiger partial charge in [0.05, 0.1) is 0 Å². The summed E-state index contributed by atoms with van der Waals surface area (Å²) in [6.07, 6.45) is 3.10. The van der Waals surface area contributed by atoms with Crippen molar-refractivity contribution in [3.05, 3.63) is 11.8 Å². The van der Waals surface area contributed by atoms with Gasteiger partial charge in [-0.3, -0.25) is 0 Å². The van der Waals surface area contributed by atoms with E-state index in [-0.39, 0.29) is 0 Å². The summed E-state index contributed by atoms with van der Waals surface area (Å²) in [5.74, 6) is 0. The lowest BCUT2D eigenvalue weighted by Crippen LogP contribution is -1.90. The highest BCUT2D eigenvalue weighted by Crippen LogP contribution is 2.24. The lowest BCUT2D eigenvalue weighted by Gasteiger charge is -1.84. The van der Waals surface area contributed by atoms with E-state index in [1.165, 1.54) is 10.6 Å². The molecule has 2 heterocycles. The van der Waals surface area contributed by atoms with E-state index in [1.54, 1.807) is 11.5 Å². The van der Waals surface area contributed by atoms with Gasteiger partial charge in [-0.05, 0) is 18.0 Å². The maximum Gasteiger partial charge on any atom is 0.112 e. The van der Waals surface area contributed by atoms with Crippen LogP contribution in [0, 0.1) is 0 Å². The molecule has 0 fully saturated rings. The zero-order valence-corrected chi connectivity index (χ0v) is 5.16. The van der Waals surface area contributed by atoms with E-state index in [2.05, 4.69) is 9.69 Å². The van der Waals surface area contributed by atoms with Gasteiger partial charge in [0.2, 0.25) is 0 Å². The Morgan fingerprint density at radius 2 is 2.75 bits per heavy atom. The van der Waals surface area contributed by atoms with Crippen molar-refractivity contribution in [2.24, 2.45) is 0 Å². The summed E-state index contributed by atoms with van der Waals surface area (Å²) in [5.41, 5.74) is 1.38. The number of anilines is 1. The molecule has 0 radical (unpaired) electrons. The first kappa shape index (κ1) is 4.32. The molecule has 2 rings (SSSR count). The standard InChI is InChI=1S/C5H6N2S/c1-2-6-5-4(1)3-7-8-5/h3,6H,1-2H2. The average molecular weight is 126 g/mol. The van der Waals surface area contributed by atoms with Crippen LogP contribution in [-0.4, -0.2) is 10.9 Å². The SMILES string of the molecule is c1nsc2c1CCN2. The predicted octanol–water partition coefficient (Wildman–Crippen LogP) is 1.11.